The van der Waals surface area contributed by atoms with Crippen molar-refractivity contribution in [2.45, 2.75) is 26.8 Å². The SMILES string of the molecule is Cc1ccc2c(c1)nc(-c1ccncc1)n2C(C)C. The first-order valence-corrected chi connectivity index (χ1v) is 6.56. The Kier molecular flexibility index (Phi) is 2.82. The Morgan fingerprint density at radius 1 is 1.05 bits per heavy atom. The van der Waals surface area contributed by atoms with Crippen molar-refractivity contribution in [3.63, 3.8) is 0 Å². The van der Waals surface area contributed by atoms with Crippen molar-refractivity contribution in [1.82, 2.24) is 14.5 Å². The summed E-state index contributed by atoms with van der Waals surface area (Å²) in [6, 6.07) is 10.8. The number of imidazole rings is 1. The van der Waals surface area contributed by atoms with Crippen LogP contribution in [-0.4, -0.2) is 14.5 Å². The van der Waals surface area contributed by atoms with E-state index in [1.54, 1.807) is 0 Å². The van der Waals surface area contributed by atoms with Gasteiger partial charge in [-0.3, -0.25) is 4.98 Å². The van der Waals surface area contributed by atoms with Crippen molar-refractivity contribution in [3.8, 4) is 11.4 Å². The molecule has 0 aliphatic rings. The second-order valence-corrected chi connectivity index (χ2v) is 5.13. The Hall–Kier alpha value is -2.16. The molecule has 0 unspecified atom stereocenters. The van der Waals surface area contributed by atoms with Crippen molar-refractivity contribution >= 4 is 11.0 Å². The van der Waals surface area contributed by atoms with Crippen LogP contribution < -0.4 is 0 Å². The van der Waals surface area contributed by atoms with Gasteiger partial charge in [-0.1, -0.05) is 6.07 Å². The Balaban J connectivity index is 2.32. The van der Waals surface area contributed by atoms with Gasteiger partial charge in [0, 0.05) is 24.0 Å². The highest BCUT2D eigenvalue weighted by Crippen LogP contribution is 2.28. The van der Waals surface area contributed by atoms with Gasteiger partial charge in [0.25, 0.3) is 0 Å². The van der Waals surface area contributed by atoms with Gasteiger partial charge >= 0.3 is 0 Å². The van der Waals surface area contributed by atoms with Gasteiger partial charge in [-0.15, -0.1) is 0 Å². The van der Waals surface area contributed by atoms with E-state index in [9.17, 15) is 0 Å². The molecule has 0 amide bonds. The van der Waals surface area contributed by atoms with Crippen molar-refractivity contribution in [1.29, 1.82) is 0 Å². The predicted molar refractivity (Wildman–Crippen MR) is 78.1 cm³/mol. The van der Waals surface area contributed by atoms with Crippen LogP contribution in [0.5, 0.6) is 0 Å². The summed E-state index contributed by atoms with van der Waals surface area (Å²) in [4.78, 5) is 8.88. The highest BCUT2D eigenvalue weighted by molar-refractivity contribution is 5.81. The van der Waals surface area contributed by atoms with Crippen LogP contribution >= 0.6 is 0 Å². The fourth-order valence-corrected chi connectivity index (χ4v) is 2.44. The van der Waals surface area contributed by atoms with E-state index in [-0.39, 0.29) is 0 Å². The van der Waals surface area contributed by atoms with Gasteiger partial charge in [-0.05, 0) is 50.6 Å². The lowest BCUT2D eigenvalue weighted by atomic mass is 10.2. The van der Waals surface area contributed by atoms with Gasteiger partial charge < -0.3 is 4.57 Å². The molecule has 0 fully saturated rings. The van der Waals surface area contributed by atoms with Crippen LogP contribution in [0.4, 0.5) is 0 Å². The number of aromatic nitrogens is 3. The maximum atomic E-state index is 4.80. The number of hydrogen-bond acceptors (Lipinski definition) is 2. The minimum Gasteiger partial charge on any atom is -0.321 e. The minimum absolute atomic E-state index is 0.371. The average molecular weight is 251 g/mol. The molecule has 0 bridgehead atoms. The average Bonchev–Trinajstić information content (AvgIpc) is 2.78. The molecule has 0 saturated carbocycles. The topological polar surface area (TPSA) is 30.7 Å². The Labute approximate surface area is 112 Å². The first kappa shape index (κ1) is 11.9. The molecule has 3 rings (SSSR count). The van der Waals surface area contributed by atoms with Gasteiger partial charge in [0.2, 0.25) is 0 Å². The molecule has 0 N–H and O–H groups in total. The Morgan fingerprint density at radius 3 is 2.47 bits per heavy atom. The van der Waals surface area contributed by atoms with E-state index < -0.39 is 0 Å². The molecule has 0 spiro atoms. The van der Waals surface area contributed by atoms with Crippen LogP contribution in [0.2, 0.25) is 0 Å². The summed E-state index contributed by atoms with van der Waals surface area (Å²) in [5.74, 6) is 1.01. The molecule has 0 aliphatic heterocycles. The third-order valence-electron chi connectivity index (χ3n) is 3.30. The standard InChI is InChI=1S/C16H17N3/c1-11(2)19-15-5-4-12(3)10-14(15)18-16(19)13-6-8-17-9-7-13/h4-11H,1-3H3. The third-order valence-corrected chi connectivity index (χ3v) is 3.30. The zero-order chi connectivity index (χ0) is 13.4. The van der Waals surface area contributed by atoms with Crippen molar-refractivity contribution < 1.29 is 0 Å². The number of hydrogen-bond donors (Lipinski definition) is 0. The molecular weight excluding hydrogens is 234 g/mol. The summed E-state index contributed by atoms with van der Waals surface area (Å²) >= 11 is 0. The van der Waals surface area contributed by atoms with E-state index in [0.717, 1.165) is 16.9 Å². The fraction of sp³-hybridized carbons (Fsp3) is 0.250. The molecule has 3 aromatic rings. The molecule has 19 heavy (non-hydrogen) atoms. The number of pyridine rings is 1. The van der Waals surface area contributed by atoms with E-state index in [0.29, 0.717) is 6.04 Å². The zero-order valence-electron chi connectivity index (χ0n) is 11.5. The lowest BCUT2D eigenvalue weighted by Gasteiger charge is -2.13. The third kappa shape index (κ3) is 2.01. The number of aryl methyl sites for hydroxylation is 1. The van der Waals surface area contributed by atoms with Crippen molar-refractivity contribution in [2.24, 2.45) is 0 Å². The van der Waals surface area contributed by atoms with E-state index in [4.69, 9.17) is 4.98 Å². The molecule has 0 atom stereocenters. The summed E-state index contributed by atoms with van der Waals surface area (Å²) in [7, 11) is 0. The van der Waals surface area contributed by atoms with Crippen LogP contribution in [0.1, 0.15) is 25.5 Å². The molecule has 2 heterocycles. The number of benzene rings is 1. The largest absolute Gasteiger partial charge is 0.321 e. The van der Waals surface area contributed by atoms with Gasteiger partial charge in [0.15, 0.2) is 0 Å². The highest BCUT2D eigenvalue weighted by atomic mass is 15.1. The number of fused-ring (bicyclic) bond motifs is 1. The predicted octanol–water partition coefficient (Wildman–Crippen LogP) is 3.99. The van der Waals surface area contributed by atoms with Gasteiger partial charge in [-0.2, -0.15) is 0 Å². The Bertz CT molecular complexity index is 711. The lowest BCUT2D eigenvalue weighted by Crippen LogP contribution is -2.03. The maximum absolute atomic E-state index is 4.80. The lowest BCUT2D eigenvalue weighted by molar-refractivity contribution is 0.624. The normalized spacial score (nSPS) is 11.4. The number of nitrogens with zero attached hydrogens (tertiary/aromatic N) is 3. The van der Waals surface area contributed by atoms with Crippen molar-refractivity contribution in [2.75, 3.05) is 0 Å². The smallest absolute Gasteiger partial charge is 0.141 e. The molecule has 3 nitrogen and oxygen atoms in total. The molecule has 2 aromatic heterocycles. The van der Waals surface area contributed by atoms with E-state index in [1.165, 1.54) is 11.1 Å². The monoisotopic (exact) mass is 251 g/mol. The van der Waals surface area contributed by atoms with Gasteiger partial charge in [0.1, 0.15) is 5.82 Å². The van der Waals surface area contributed by atoms with Crippen LogP contribution in [0, 0.1) is 6.92 Å². The van der Waals surface area contributed by atoms with Gasteiger partial charge in [-0.25, -0.2) is 4.98 Å². The Morgan fingerprint density at radius 2 is 1.79 bits per heavy atom. The molecule has 96 valence electrons. The van der Waals surface area contributed by atoms with E-state index in [1.807, 2.05) is 24.5 Å². The number of rotatable bonds is 2. The van der Waals surface area contributed by atoms with Crippen molar-refractivity contribution in [3.05, 3.63) is 48.3 Å². The van der Waals surface area contributed by atoms with Crippen LogP contribution in [0.3, 0.4) is 0 Å². The minimum atomic E-state index is 0.371. The van der Waals surface area contributed by atoms with Crippen LogP contribution in [-0.2, 0) is 0 Å². The summed E-state index contributed by atoms with van der Waals surface area (Å²) < 4.78 is 2.28. The molecular formula is C16H17N3. The highest BCUT2D eigenvalue weighted by Gasteiger charge is 2.14. The maximum Gasteiger partial charge on any atom is 0.141 e. The summed E-state index contributed by atoms with van der Waals surface area (Å²) in [5.41, 5.74) is 4.59. The van der Waals surface area contributed by atoms with E-state index >= 15 is 0 Å². The van der Waals surface area contributed by atoms with E-state index in [2.05, 4.69) is 48.5 Å². The summed E-state index contributed by atoms with van der Waals surface area (Å²) in [5, 5.41) is 0. The van der Waals surface area contributed by atoms with Crippen LogP contribution in [0.25, 0.3) is 22.4 Å². The summed E-state index contributed by atoms with van der Waals surface area (Å²) in [6.45, 7) is 6.47. The first-order chi connectivity index (χ1) is 9.16. The van der Waals surface area contributed by atoms with Gasteiger partial charge in [0.05, 0.1) is 11.0 Å². The molecule has 3 heteroatoms. The quantitative estimate of drug-likeness (QED) is 0.689. The molecule has 0 radical (unpaired) electrons. The first-order valence-electron chi connectivity index (χ1n) is 6.56. The van der Waals surface area contributed by atoms with Crippen LogP contribution in [0.15, 0.2) is 42.7 Å². The fourth-order valence-electron chi connectivity index (χ4n) is 2.44. The molecule has 1 aromatic carbocycles. The summed E-state index contributed by atoms with van der Waals surface area (Å²) in [6.07, 6.45) is 3.62. The zero-order valence-corrected chi connectivity index (χ0v) is 11.5. The second-order valence-electron chi connectivity index (χ2n) is 5.13. The molecule has 0 aliphatic carbocycles. The molecule has 0 saturated heterocycles. The second kappa shape index (κ2) is 4.50.